The first-order chi connectivity index (χ1) is 9.69. The normalized spacial score (nSPS) is 28.7. The van der Waals surface area contributed by atoms with Crippen LogP contribution in [0.25, 0.3) is 0 Å². The molecule has 2 heterocycles. The van der Waals surface area contributed by atoms with E-state index in [0.29, 0.717) is 16.1 Å². The van der Waals surface area contributed by atoms with Gasteiger partial charge in [-0.05, 0) is 44.2 Å². The van der Waals surface area contributed by atoms with Gasteiger partial charge in [-0.15, -0.1) is 0 Å². The number of nitrogens with zero attached hydrogens (tertiary/aromatic N) is 1. The molecule has 0 spiro atoms. The van der Waals surface area contributed by atoms with E-state index in [-0.39, 0.29) is 11.7 Å². The van der Waals surface area contributed by atoms with Gasteiger partial charge in [-0.1, -0.05) is 18.6 Å². The van der Waals surface area contributed by atoms with Crippen LogP contribution in [0.4, 0.5) is 0 Å². The average molecular weight is 285 g/mol. The summed E-state index contributed by atoms with van der Waals surface area (Å²) in [5.74, 6) is 0.427. The molecular formula is C17H19NOS. The largest absolute Gasteiger partial charge is 0.294 e. The van der Waals surface area contributed by atoms with Crippen molar-refractivity contribution in [2.75, 3.05) is 0 Å². The van der Waals surface area contributed by atoms with Gasteiger partial charge in [-0.3, -0.25) is 4.79 Å². The van der Waals surface area contributed by atoms with Gasteiger partial charge < -0.3 is 0 Å². The van der Waals surface area contributed by atoms with Crippen LogP contribution in [0, 0.1) is 24.2 Å². The molecule has 2 nitrogen and oxygen atoms in total. The molecule has 2 saturated heterocycles. The number of ketones is 1. The summed E-state index contributed by atoms with van der Waals surface area (Å²) >= 11 is 2.10. The molecule has 2 atom stereocenters. The molecule has 1 aromatic carbocycles. The van der Waals surface area contributed by atoms with Crippen molar-refractivity contribution in [2.45, 2.75) is 49.5 Å². The summed E-state index contributed by atoms with van der Waals surface area (Å²) in [6, 6.07) is 7.68. The van der Waals surface area contributed by atoms with E-state index in [1.807, 2.05) is 19.1 Å². The third-order valence-corrected chi connectivity index (χ3v) is 6.25. The molecule has 0 amide bonds. The maximum Gasteiger partial charge on any atom is 0.166 e. The Morgan fingerprint density at radius 2 is 2.00 bits per heavy atom. The first-order valence-electron chi connectivity index (χ1n) is 7.38. The van der Waals surface area contributed by atoms with Crippen LogP contribution < -0.4 is 0 Å². The summed E-state index contributed by atoms with van der Waals surface area (Å²) in [7, 11) is 0. The fraction of sp³-hybridized carbons (Fsp3) is 0.529. The summed E-state index contributed by atoms with van der Waals surface area (Å²) in [4.78, 5) is 12.8. The lowest BCUT2D eigenvalue weighted by Gasteiger charge is -2.38. The molecule has 0 aliphatic carbocycles. The summed E-state index contributed by atoms with van der Waals surface area (Å²) in [5, 5.41) is 10.5. The Morgan fingerprint density at radius 1 is 1.30 bits per heavy atom. The molecule has 3 rings (SSSR count). The van der Waals surface area contributed by atoms with Gasteiger partial charge in [0.05, 0.1) is 11.6 Å². The molecule has 0 radical (unpaired) electrons. The zero-order valence-corrected chi connectivity index (χ0v) is 12.6. The third kappa shape index (κ3) is 2.50. The highest BCUT2D eigenvalue weighted by Crippen LogP contribution is 2.44. The van der Waals surface area contributed by atoms with Gasteiger partial charge in [0.15, 0.2) is 5.78 Å². The summed E-state index contributed by atoms with van der Waals surface area (Å²) in [6.45, 7) is 1.89. The van der Waals surface area contributed by atoms with E-state index >= 15 is 0 Å². The predicted octanol–water partition coefficient (Wildman–Crippen LogP) is 4.11. The van der Waals surface area contributed by atoms with E-state index in [1.165, 1.54) is 19.3 Å². The third-order valence-electron chi connectivity index (χ3n) is 4.62. The molecular weight excluding hydrogens is 266 g/mol. The smallest absolute Gasteiger partial charge is 0.166 e. The van der Waals surface area contributed by atoms with Gasteiger partial charge in [0.25, 0.3) is 0 Å². The highest BCUT2D eigenvalue weighted by molar-refractivity contribution is 8.00. The molecule has 2 bridgehead atoms. The van der Waals surface area contributed by atoms with Crippen LogP contribution in [0.15, 0.2) is 18.2 Å². The number of carbonyl (C=O) groups is 1. The van der Waals surface area contributed by atoms with Crippen LogP contribution in [0.1, 0.15) is 53.6 Å². The molecule has 2 aliphatic heterocycles. The van der Waals surface area contributed by atoms with Crippen LogP contribution >= 0.6 is 11.8 Å². The molecule has 2 unspecified atom stereocenters. The molecule has 2 fully saturated rings. The minimum absolute atomic E-state index is 0.166. The molecule has 1 aromatic rings. The number of thioether (sulfide) groups is 1. The maximum atomic E-state index is 12.8. The van der Waals surface area contributed by atoms with Crippen molar-refractivity contribution in [3.8, 4) is 6.07 Å². The van der Waals surface area contributed by atoms with E-state index in [9.17, 15) is 4.79 Å². The van der Waals surface area contributed by atoms with Crippen LogP contribution in [-0.2, 0) is 0 Å². The van der Waals surface area contributed by atoms with Crippen LogP contribution in [-0.4, -0.2) is 16.3 Å². The highest BCUT2D eigenvalue weighted by Gasteiger charge is 2.36. The minimum atomic E-state index is 0.166. The Balaban J connectivity index is 1.84. The Labute approximate surface area is 124 Å². The summed E-state index contributed by atoms with van der Waals surface area (Å²) in [5.41, 5.74) is 2.24. The number of carbonyl (C=O) groups excluding carboxylic acids is 1. The second-order valence-corrected chi connectivity index (χ2v) is 7.54. The average Bonchev–Trinajstić information content (AvgIpc) is 2.46. The number of rotatable bonds is 2. The molecule has 3 heteroatoms. The van der Waals surface area contributed by atoms with Crippen molar-refractivity contribution in [3.63, 3.8) is 0 Å². The fourth-order valence-corrected chi connectivity index (χ4v) is 5.35. The zero-order chi connectivity index (χ0) is 14.1. The first-order valence-corrected chi connectivity index (χ1v) is 8.32. The van der Waals surface area contributed by atoms with Crippen LogP contribution in [0.3, 0.4) is 0 Å². The SMILES string of the molecule is Cc1c(C#N)cccc1C(=O)C1CC2CCCC(C1)S2. The number of hydrogen-bond acceptors (Lipinski definition) is 3. The van der Waals surface area contributed by atoms with Crippen molar-refractivity contribution in [3.05, 3.63) is 34.9 Å². The number of nitriles is 1. The molecule has 2 aliphatic rings. The van der Waals surface area contributed by atoms with Crippen molar-refractivity contribution in [1.29, 1.82) is 5.26 Å². The van der Waals surface area contributed by atoms with Crippen LogP contribution in [0.2, 0.25) is 0 Å². The van der Waals surface area contributed by atoms with E-state index in [0.717, 1.165) is 24.0 Å². The number of fused-ring (bicyclic) bond motifs is 2. The number of Topliss-reactive ketones (excluding diaryl/α,β-unsaturated/α-hetero) is 1. The second-order valence-electron chi connectivity index (χ2n) is 5.93. The molecule has 0 saturated carbocycles. The lowest BCUT2D eigenvalue weighted by atomic mass is 9.83. The maximum absolute atomic E-state index is 12.8. The second kappa shape index (κ2) is 5.61. The van der Waals surface area contributed by atoms with Crippen molar-refractivity contribution >= 4 is 17.5 Å². The Morgan fingerprint density at radius 3 is 2.65 bits per heavy atom. The van der Waals surface area contributed by atoms with E-state index in [2.05, 4.69) is 17.8 Å². The minimum Gasteiger partial charge on any atom is -0.294 e. The van der Waals surface area contributed by atoms with Crippen molar-refractivity contribution in [2.24, 2.45) is 5.92 Å². The summed E-state index contributed by atoms with van der Waals surface area (Å²) in [6.07, 6.45) is 5.91. The standard InChI is InChI=1S/C17H19NOS/c1-11-12(10-18)4-2-7-16(11)17(19)13-8-14-5-3-6-15(9-13)20-14/h2,4,7,13-15H,3,5-6,8-9H2,1H3. The first kappa shape index (κ1) is 13.7. The van der Waals surface area contributed by atoms with Gasteiger partial charge >= 0.3 is 0 Å². The van der Waals surface area contributed by atoms with Gasteiger partial charge in [0.2, 0.25) is 0 Å². The van der Waals surface area contributed by atoms with Gasteiger partial charge in [-0.25, -0.2) is 0 Å². The molecule has 104 valence electrons. The highest BCUT2D eigenvalue weighted by atomic mass is 32.2. The molecule has 0 N–H and O–H groups in total. The monoisotopic (exact) mass is 285 g/mol. The van der Waals surface area contributed by atoms with E-state index in [1.54, 1.807) is 6.07 Å². The Bertz CT molecular complexity index is 563. The van der Waals surface area contributed by atoms with Gasteiger partial charge in [0, 0.05) is 22.0 Å². The quantitative estimate of drug-likeness (QED) is 0.768. The number of benzene rings is 1. The number of hydrogen-bond donors (Lipinski definition) is 0. The Kier molecular flexibility index (Phi) is 3.85. The molecule has 20 heavy (non-hydrogen) atoms. The van der Waals surface area contributed by atoms with Gasteiger partial charge in [-0.2, -0.15) is 17.0 Å². The lowest BCUT2D eigenvalue weighted by molar-refractivity contribution is 0.0896. The fourth-order valence-electron chi connectivity index (χ4n) is 3.52. The van der Waals surface area contributed by atoms with Crippen molar-refractivity contribution < 1.29 is 4.79 Å². The Hall–Kier alpha value is -1.27. The summed E-state index contributed by atoms with van der Waals surface area (Å²) < 4.78 is 0. The predicted molar refractivity (Wildman–Crippen MR) is 82.0 cm³/mol. The van der Waals surface area contributed by atoms with Gasteiger partial charge in [0.1, 0.15) is 0 Å². The van der Waals surface area contributed by atoms with E-state index in [4.69, 9.17) is 5.26 Å². The topological polar surface area (TPSA) is 40.9 Å². The van der Waals surface area contributed by atoms with Crippen molar-refractivity contribution in [1.82, 2.24) is 0 Å². The lowest BCUT2D eigenvalue weighted by Crippen LogP contribution is -2.33. The zero-order valence-electron chi connectivity index (χ0n) is 11.8. The van der Waals surface area contributed by atoms with E-state index < -0.39 is 0 Å². The van der Waals surface area contributed by atoms with Crippen LogP contribution in [0.5, 0.6) is 0 Å². The molecule has 0 aromatic heterocycles.